The summed E-state index contributed by atoms with van der Waals surface area (Å²) < 4.78 is 9.89. The number of nitrogens with one attached hydrogen (secondary N) is 2. The van der Waals surface area contributed by atoms with Crippen LogP contribution in [-0.2, 0) is 14.3 Å². The Morgan fingerprint density at radius 2 is 1.71 bits per heavy atom. The van der Waals surface area contributed by atoms with E-state index >= 15 is 0 Å². The SMILES string of the molecule is CCOCCCCNC(=NC)NCCCCCC(=O)OC. The predicted molar refractivity (Wildman–Crippen MR) is 85.6 cm³/mol. The lowest BCUT2D eigenvalue weighted by Crippen LogP contribution is -2.38. The van der Waals surface area contributed by atoms with Gasteiger partial charge in [-0.3, -0.25) is 9.79 Å². The van der Waals surface area contributed by atoms with Gasteiger partial charge in [0.25, 0.3) is 0 Å². The lowest BCUT2D eigenvalue weighted by Gasteiger charge is -2.11. The van der Waals surface area contributed by atoms with Crippen molar-refractivity contribution in [3.8, 4) is 0 Å². The van der Waals surface area contributed by atoms with Crippen LogP contribution in [0.3, 0.4) is 0 Å². The molecular formula is C15H31N3O3. The Bertz CT molecular complexity index is 283. The summed E-state index contributed by atoms with van der Waals surface area (Å²) in [6.45, 7) is 5.38. The van der Waals surface area contributed by atoms with Crippen LogP contribution in [0.15, 0.2) is 4.99 Å². The lowest BCUT2D eigenvalue weighted by molar-refractivity contribution is -0.140. The molecule has 0 saturated carbocycles. The van der Waals surface area contributed by atoms with Gasteiger partial charge in [0.15, 0.2) is 5.96 Å². The van der Waals surface area contributed by atoms with Gasteiger partial charge in [0.2, 0.25) is 0 Å². The van der Waals surface area contributed by atoms with Crippen LogP contribution in [0.4, 0.5) is 0 Å². The number of nitrogens with zero attached hydrogens (tertiary/aromatic N) is 1. The van der Waals surface area contributed by atoms with E-state index in [1.54, 1.807) is 7.05 Å². The van der Waals surface area contributed by atoms with E-state index in [0.29, 0.717) is 6.42 Å². The summed E-state index contributed by atoms with van der Waals surface area (Å²) in [6, 6.07) is 0. The third-order valence-corrected chi connectivity index (χ3v) is 3.01. The maximum atomic E-state index is 10.9. The summed E-state index contributed by atoms with van der Waals surface area (Å²) in [5.41, 5.74) is 0. The summed E-state index contributed by atoms with van der Waals surface area (Å²) in [6.07, 6.45) is 5.53. The minimum atomic E-state index is -0.132. The monoisotopic (exact) mass is 301 g/mol. The molecule has 21 heavy (non-hydrogen) atoms. The number of hydrogen-bond donors (Lipinski definition) is 2. The number of esters is 1. The minimum absolute atomic E-state index is 0.132. The summed E-state index contributed by atoms with van der Waals surface area (Å²) >= 11 is 0. The second-order valence-corrected chi connectivity index (χ2v) is 4.72. The minimum Gasteiger partial charge on any atom is -0.469 e. The maximum Gasteiger partial charge on any atom is 0.305 e. The number of methoxy groups -OCH3 is 1. The Morgan fingerprint density at radius 1 is 1.05 bits per heavy atom. The number of guanidine groups is 1. The van der Waals surface area contributed by atoms with Crippen LogP contribution >= 0.6 is 0 Å². The molecule has 6 heteroatoms. The van der Waals surface area contributed by atoms with Crippen molar-refractivity contribution < 1.29 is 14.3 Å². The Morgan fingerprint density at radius 3 is 2.29 bits per heavy atom. The van der Waals surface area contributed by atoms with E-state index in [9.17, 15) is 4.79 Å². The number of rotatable bonds is 12. The molecular weight excluding hydrogens is 270 g/mol. The van der Waals surface area contributed by atoms with Gasteiger partial charge >= 0.3 is 5.97 Å². The molecule has 0 aliphatic heterocycles. The second-order valence-electron chi connectivity index (χ2n) is 4.72. The number of hydrogen-bond acceptors (Lipinski definition) is 4. The number of carbonyl (C=O) groups is 1. The summed E-state index contributed by atoms with van der Waals surface area (Å²) in [5, 5.41) is 6.54. The highest BCUT2D eigenvalue weighted by atomic mass is 16.5. The van der Waals surface area contributed by atoms with Crippen molar-refractivity contribution in [2.45, 2.75) is 45.4 Å². The van der Waals surface area contributed by atoms with Crippen molar-refractivity contribution in [3.05, 3.63) is 0 Å². The molecule has 0 aromatic rings. The quantitative estimate of drug-likeness (QED) is 0.248. The Labute approximate surface area is 128 Å². The van der Waals surface area contributed by atoms with Crippen molar-refractivity contribution >= 4 is 11.9 Å². The Kier molecular flexibility index (Phi) is 14.2. The summed E-state index contributed by atoms with van der Waals surface area (Å²) in [7, 11) is 3.20. The van der Waals surface area contributed by atoms with E-state index in [0.717, 1.165) is 64.4 Å². The smallest absolute Gasteiger partial charge is 0.305 e. The van der Waals surface area contributed by atoms with Gasteiger partial charge < -0.3 is 20.1 Å². The number of aliphatic imine (C=N–C) groups is 1. The fourth-order valence-corrected chi connectivity index (χ4v) is 1.78. The first-order chi connectivity index (χ1) is 10.2. The van der Waals surface area contributed by atoms with E-state index in [-0.39, 0.29) is 5.97 Å². The van der Waals surface area contributed by atoms with Gasteiger partial charge in [-0.05, 0) is 32.6 Å². The molecule has 0 aliphatic carbocycles. The maximum absolute atomic E-state index is 10.9. The highest BCUT2D eigenvalue weighted by Crippen LogP contribution is 1.99. The Balaban J connectivity index is 3.43. The molecule has 0 unspecified atom stereocenters. The van der Waals surface area contributed by atoms with Crippen molar-refractivity contribution in [1.29, 1.82) is 0 Å². The number of unbranched alkanes of at least 4 members (excludes halogenated alkanes) is 3. The van der Waals surface area contributed by atoms with Gasteiger partial charge in [0.1, 0.15) is 0 Å². The first kappa shape index (κ1) is 19.7. The fraction of sp³-hybridized carbons (Fsp3) is 0.867. The van der Waals surface area contributed by atoms with Crippen LogP contribution in [-0.4, -0.2) is 52.4 Å². The van der Waals surface area contributed by atoms with E-state index in [4.69, 9.17) is 4.74 Å². The van der Waals surface area contributed by atoms with Gasteiger partial charge in [-0.2, -0.15) is 0 Å². The summed E-state index contributed by atoms with van der Waals surface area (Å²) in [4.78, 5) is 15.1. The van der Waals surface area contributed by atoms with Gasteiger partial charge in [-0.1, -0.05) is 6.42 Å². The fourth-order valence-electron chi connectivity index (χ4n) is 1.78. The van der Waals surface area contributed by atoms with Gasteiger partial charge in [-0.15, -0.1) is 0 Å². The molecule has 0 amide bonds. The molecule has 0 aromatic carbocycles. The van der Waals surface area contributed by atoms with Crippen LogP contribution < -0.4 is 10.6 Å². The normalized spacial score (nSPS) is 11.3. The molecule has 0 aromatic heterocycles. The van der Waals surface area contributed by atoms with Crippen molar-refractivity contribution in [1.82, 2.24) is 10.6 Å². The molecule has 6 nitrogen and oxygen atoms in total. The molecule has 0 bridgehead atoms. The van der Waals surface area contributed by atoms with Crippen molar-refractivity contribution in [2.75, 3.05) is 40.5 Å². The molecule has 0 aliphatic rings. The zero-order chi connectivity index (χ0) is 15.8. The van der Waals surface area contributed by atoms with E-state index in [2.05, 4.69) is 20.4 Å². The van der Waals surface area contributed by atoms with Crippen LogP contribution in [0.5, 0.6) is 0 Å². The van der Waals surface area contributed by atoms with Crippen molar-refractivity contribution in [2.24, 2.45) is 4.99 Å². The highest BCUT2D eigenvalue weighted by molar-refractivity contribution is 5.79. The largest absolute Gasteiger partial charge is 0.469 e. The molecule has 2 N–H and O–H groups in total. The first-order valence-electron chi connectivity index (χ1n) is 7.83. The number of ether oxygens (including phenoxy) is 2. The van der Waals surface area contributed by atoms with Gasteiger partial charge in [0, 0.05) is 39.8 Å². The third kappa shape index (κ3) is 13.4. The van der Waals surface area contributed by atoms with E-state index in [1.807, 2.05) is 6.92 Å². The molecule has 0 fully saturated rings. The standard InChI is InChI=1S/C15H31N3O3/c1-4-21-13-9-8-12-18-15(16-2)17-11-7-5-6-10-14(19)20-3/h4-13H2,1-3H3,(H2,16,17,18). The molecule has 0 radical (unpaired) electrons. The molecule has 0 spiro atoms. The van der Waals surface area contributed by atoms with Crippen LogP contribution in [0, 0.1) is 0 Å². The first-order valence-corrected chi connectivity index (χ1v) is 7.83. The average molecular weight is 301 g/mol. The molecule has 124 valence electrons. The van der Waals surface area contributed by atoms with Gasteiger partial charge in [-0.25, -0.2) is 0 Å². The molecule has 0 rings (SSSR count). The van der Waals surface area contributed by atoms with Crippen LogP contribution in [0.1, 0.15) is 45.4 Å². The Hall–Kier alpha value is -1.30. The topological polar surface area (TPSA) is 72.0 Å². The van der Waals surface area contributed by atoms with Crippen LogP contribution in [0.2, 0.25) is 0 Å². The zero-order valence-electron chi connectivity index (χ0n) is 13.7. The second kappa shape index (κ2) is 15.1. The van der Waals surface area contributed by atoms with E-state index in [1.165, 1.54) is 7.11 Å². The van der Waals surface area contributed by atoms with E-state index < -0.39 is 0 Å². The van der Waals surface area contributed by atoms with Crippen molar-refractivity contribution in [3.63, 3.8) is 0 Å². The lowest BCUT2D eigenvalue weighted by atomic mass is 10.2. The molecule has 0 saturated heterocycles. The molecule has 0 heterocycles. The van der Waals surface area contributed by atoms with Gasteiger partial charge in [0.05, 0.1) is 7.11 Å². The van der Waals surface area contributed by atoms with Crippen LogP contribution in [0.25, 0.3) is 0 Å². The predicted octanol–water partition coefficient (Wildman–Crippen LogP) is 1.70. The summed E-state index contributed by atoms with van der Waals surface area (Å²) in [5.74, 6) is 0.701. The zero-order valence-corrected chi connectivity index (χ0v) is 13.7. The molecule has 0 atom stereocenters. The average Bonchev–Trinajstić information content (AvgIpc) is 2.51. The number of carbonyl (C=O) groups excluding carboxylic acids is 1. The highest BCUT2D eigenvalue weighted by Gasteiger charge is 2.00. The third-order valence-electron chi connectivity index (χ3n) is 3.01.